The van der Waals surface area contributed by atoms with Crippen LogP contribution in [0.1, 0.15) is 16.1 Å². The van der Waals surface area contributed by atoms with Gasteiger partial charge in [0, 0.05) is 29.1 Å². The number of aromatic amines is 1. The summed E-state index contributed by atoms with van der Waals surface area (Å²) in [5.41, 5.74) is 5.27. The van der Waals surface area contributed by atoms with Crippen molar-refractivity contribution in [3.05, 3.63) is 46.2 Å². The van der Waals surface area contributed by atoms with E-state index in [9.17, 15) is 0 Å². The Kier molecular flexibility index (Phi) is 2.22. The van der Waals surface area contributed by atoms with E-state index in [1.54, 1.807) is 17.5 Å². The second kappa shape index (κ2) is 3.72. The molecule has 4 heteroatoms. The summed E-state index contributed by atoms with van der Waals surface area (Å²) < 4.78 is 0. The molecule has 0 aliphatic rings. The number of H-pyrrole nitrogens is 1. The van der Waals surface area contributed by atoms with Crippen LogP contribution in [0.15, 0.2) is 30.0 Å². The quantitative estimate of drug-likeness (QED) is 0.734. The second-order valence-electron chi connectivity index (χ2n) is 3.75. The summed E-state index contributed by atoms with van der Waals surface area (Å²) in [6.07, 6.45) is 4.78. The summed E-state index contributed by atoms with van der Waals surface area (Å²) in [5.74, 6) is 0. The fourth-order valence-corrected chi connectivity index (χ4v) is 2.63. The lowest BCUT2D eigenvalue weighted by atomic mass is 10.1. The van der Waals surface area contributed by atoms with Crippen molar-refractivity contribution in [3.63, 3.8) is 0 Å². The highest BCUT2D eigenvalue weighted by Gasteiger charge is 2.07. The number of fused-ring (bicyclic) bond motifs is 1. The molecule has 80 valence electrons. The summed E-state index contributed by atoms with van der Waals surface area (Å²) in [4.78, 5) is 13.1. The van der Waals surface area contributed by atoms with Crippen molar-refractivity contribution in [2.24, 2.45) is 0 Å². The zero-order valence-electron chi connectivity index (χ0n) is 8.90. The fraction of sp³-hybridized carbons (Fsp3) is 0.167. The molecule has 16 heavy (non-hydrogen) atoms. The van der Waals surface area contributed by atoms with Crippen LogP contribution in [0.4, 0.5) is 0 Å². The molecule has 0 saturated heterocycles. The van der Waals surface area contributed by atoms with Crippen molar-refractivity contribution in [1.82, 2.24) is 15.0 Å². The van der Waals surface area contributed by atoms with E-state index < -0.39 is 0 Å². The molecule has 0 aliphatic carbocycles. The van der Waals surface area contributed by atoms with Gasteiger partial charge < -0.3 is 4.98 Å². The second-order valence-corrected chi connectivity index (χ2v) is 4.69. The first kappa shape index (κ1) is 9.54. The van der Waals surface area contributed by atoms with Crippen LogP contribution < -0.4 is 0 Å². The molecule has 3 nitrogen and oxygen atoms in total. The highest BCUT2D eigenvalue weighted by atomic mass is 32.1. The van der Waals surface area contributed by atoms with Crippen LogP contribution in [0.3, 0.4) is 0 Å². The number of hydrogen-bond donors (Lipinski definition) is 1. The first-order valence-corrected chi connectivity index (χ1v) is 6.02. The maximum Gasteiger partial charge on any atom is 0.137 e. The maximum atomic E-state index is 4.29. The Labute approximate surface area is 97.2 Å². The van der Waals surface area contributed by atoms with Gasteiger partial charge in [-0.1, -0.05) is 0 Å². The average molecular weight is 229 g/mol. The molecular formula is C12H11N3S. The van der Waals surface area contributed by atoms with E-state index in [1.807, 2.05) is 17.8 Å². The first-order valence-electron chi connectivity index (χ1n) is 5.14. The van der Waals surface area contributed by atoms with E-state index in [0.717, 1.165) is 17.8 Å². The third-order valence-electron chi connectivity index (χ3n) is 2.73. The molecule has 0 radical (unpaired) electrons. The van der Waals surface area contributed by atoms with Crippen LogP contribution in [0.5, 0.6) is 0 Å². The van der Waals surface area contributed by atoms with Crippen molar-refractivity contribution in [2.45, 2.75) is 13.3 Å². The molecule has 3 heterocycles. The Morgan fingerprint density at radius 3 is 3.12 bits per heavy atom. The van der Waals surface area contributed by atoms with Gasteiger partial charge in [0.05, 0.1) is 11.2 Å². The van der Waals surface area contributed by atoms with E-state index in [0.29, 0.717) is 0 Å². The van der Waals surface area contributed by atoms with Gasteiger partial charge >= 0.3 is 0 Å². The van der Waals surface area contributed by atoms with Crippen LogP contribution >= 0.6 is 11.3 Å². The molecule has 0 atom stereocenters. The molecule has 0 fully saturated rings. The number of aryl methyl sites for hydroxylation is 1. The highest BCUT2D eigenvalue weighted by Crippen LogP contribution is 2.22. The van der Waals surface area contributed by atoms with Crippen LogP contribution in [0, 0.1) is 6.92 Å². The van der Waals surface area contributed by atoms with E-state index in [-0.39, 0.29) is 0 Å². The van der Waals surface area contributed by atoms with Gasteiger partial charge in [-0.05, 0) is 24.6 Å². The summed E-state index contributed by atoms with van der Waals surface area (Å²) in [6.45, 7) is 2.05. The molecule has 1 N–H and O–H groups in total. The lowest BCUT2D eigenvalue weighted by Gasteiger charge is -1.97. The first-order chi connectivity index (χ1) is 7.84. The average Bonchev–Trinajstić information content (AvgIpc) is 2.88. The highest BCUT2D eigenvalue weighted by molar-refractivity contribution is 7.09. The predicted molar refractivity (Wildman–Crippen MR) is 65.8 cm³/mol. The lowest BCUT2D eigenvalue weighted by Crippen LogP contribution is -1.86. The molecule has 0 bridgehead atoms. The molecule has 0 saturated carbocycles. The minimum absolute atomic E-state index is 0.933. The normalized spacial score (nSPS) is 11.1. The molecule has 3 aromatic rings. The van der Waals surface area contributed by atoms with Gasteiger partial charge in [0.1, 0.15) is 5.65 Å². The van der Waals surface area contributed by atoms with Crippen molar-refractivity contribution >= 4 is 22.4 Å². The van der Waals surface area contributed by atoms with E-state index in [1.165, 1.54) is 15.8 Å². The number of thiazole rings is 1. The SMILES string of the molecule is Cc1ncsc1Cc1c[nH]c2ncccc12. The van der Waals surface area contributed by atoms with Gasteiger partial charge in [-0.15, -0.1) is 11.3 Å². The largest absolute Gasteiger partial charge is 0.346 e. The third kappa shape index (κ3) is 1.51. The van der Waals surface area contributed by atoms with Crippen molar-refractivity contribution in [3.8, 4) is 0 Å². The zero-order chi connectivity index (χ0) is 11.0. The van der Waals surface area contributed by atoms with Gasteiger partial charge in [-0.3, -0.25) is 0 Å². The Morgan fingerprint density at radius 2 is 2.31 bits per heavy atom. The lowest BCUT2D eigenvalue weighted by molar-refractivity contribution is 1.16. The third-order valence-corrected chi connectivity index (χ3v) is 3.67. The molecule has 3 aromatic heterocycles. The Bertz CT molecular complexity index is 624. The molecule has 0 amide bonds. The number of nitrogens with one attached hydrogen (secondary N) is 1. The van der Waals surface area contributed by atoms with Crippen LogP contribution in [0.2, 0.25) is 0 Å². The fourth-order valence-electron chi connectivity index (χ4n) is 1.83. The molecule has 0 unspecified atom stereocenters. The van der Waals surface area contributed by atoms with E-state index >= 15 is 0 Å². The van der Waals surface area contributed by atoms with Gasteiger partial charge in [0.2, 0.25) is 0 Å². The van der Waals surface area contributed by atoms with Crippen LogP contribution in [-0.2, 0) is 6.42 Å². The van der Waals surface area contributed by atoms with Crippen molar-refractivity contribution < 1.29 is 0 Å². The minimum Gasteiger partial charge on any atom is -0.346 e. The summed E-state index contributed by atoms with van der Waals surface area (Å²) >= 11 is 1.71. The number of nitrogens with zero attached hydrogens (tertiary/aromatic N) is 2. The van der Waals surface area contributed by atoms with E-state index in [4.69, 9.17) is 0 Å². The van der Waals surface area contributed by atoms with Gasteiger partial charge in [0.25, 0.3) is 0 Å². The summed E-state index contributed by atoms with van der Waals surface area (Å²) in [6, 6.07) is 4.07. The Hall–Kier alpha value is -1.68. The monoisotopic (exact) mass is 229 g/mol. The van der Waals surface area contributed by atoms with Crippen LogP contribution in [0.25, 0.3) is 11.0 Å². The van der Waals surface area contributed by atoms with Crippen molar-refractivity contribution in [1.29, 1.82) is 0 Å². The zero-order valence-corrected chi connectivity index (χ0v) is 9.71. The Morgan fingerprint density at radius 1 is 1.38 bits per heavy atom. The molecule has 0 aliphatic heterocycles. The van der Waals surface area contributed by atoms with Crippen molar-refractivity contribution in [2.75, 3.05) is 0 Å². The van der Waals surface area contributed by atoms with Gasteiger partial charge in [-0.25, -0.2) is 9.97 Å². The Balaban J connectivity index is 2.04. The van der Waals surface area contributed by atoms with Gasteiger partial charge in [0.15, 0.2) is 0 Å². The maximum absolute atomic E-state index is 4.29. The summed E-state index contributed by atoms with van der Waals surface area (Å²) in [7, 11) is 0. The number of aromatic nitrogens is 3. The molecule has 3 rings (SSSR count). The topological polar surface area (TPSA) is 41.6 Å². The summed E-state index contributed by atoms with van der Waals surface area (Å²) in [5, 5.41) is 1.20. The number of hydrogen-bond acceptors (Lipinski definition) is 3. The number of rotatable bonds is 2. The predicted octanol–water partition coefficient (Wildman–Crippen LogP) is 2.92. The molecular weight excluding hydrogens is 218 g/mol. The molecule has 0 spiro atoms. The van der Waals surface area contributed by atoms with Gasteiger partial charge in [-0.2, -0.15) is 0 Å². The van der Waals surface area contributed by atoms with Crippen LogP contribution in [-0.4, -0.2) is 15.0 Å². The minimum atomic E-state index is 0.933. The van der Waals surface area contributed by atoms with E-state index in [2.05, 4.69) is 27.9 Å². The smallest absolute Gasteiger partial charge is 0.137 e. The number of pyridine rings is 1. The molecule has 0 aromatic carbocycles. The standard InChI is InChI=1S/C12H11N3S/c1-8-11(16-7-15-8)5-9-6-14-12-10(9)3-2-4-13-12/h2-4,6-7H,5H2,1H3,(H,13,14).